The van der Waals surface area contributed by atoms with Gasteiger partial charge in [0.2, 0.25) is 50.1 Å². The van der Waals surface area contributed by atoms with Crippen molar-refractivity contribution in [2.45, 2.75) is 114 Å². The van der Waals surface area contributed by atoms with Gasteiger partial charge in [0.1, 0.15) is 43.9 Å². The number of nitrogens with zero attached hydrogens (tertiary/aromatic N) is 9. The molecule has 42 heteroatoms. The quantitative estimate of drug-likeness (QED) is 0.0179. The zero-order valence-corrected chi connectivity index (χ0v) is 83.7. The van der Waals surface area contributed by atoms with Gasteiger partial charge in [0.15, 0.2) is 11.5 Å². The summed E-state index contributed by atoms with van der Waals surface area (Å²) in [5.74, 6) is -0.934. The van der Waals surface area contributed by atoms with Crippen LogP contribution in [-0.2, 0) is 72.7 Å². The van der Waals surface area contributed by atoms with E-state index in [2.05, 4.69) is 96.3 Å². The Kier molecular flexibility index (Phi) is 39.9. The van der Waals surface area contributed by atoms with Crippen LogP contribution in [0.5, 0.6) is 0 Å². The second kappa shape index (κ2) is 49.2. The maximum absolute atomic E-state index is 13.1. The van der Waals surface area contributed by atoms with Crippen molar-refractivity contribution in [3.63, 3.8) is 0 Å². The molecule has 705 valence electrons. The molecule has 1 radical (unpaired) electrons. The Morgan fingerprint density at radius 1 is 0.576 bits per heavy atom. The summed E-state index contributed by atoms with van der Waals surface area (Å²) in [4.78, 5) is 35.5. The molecule has 3 atom stereocenters. The zero-order chi connectivity index (χ0) is 98.0. The first kappa shape index (κ1) is 107. The number of nitrogens with one attached hydrogen (secondary N) is 1. The third-order valence-electron chi connectivity index (χ3n) is 19.8. The van der Waals surface area contributed by atoms with Crippen molar-refractivity contribution in [2.75, 3.05) is 85.7 Å². The van der Waals surface area contributed by atoms with Crippen LogP contribution < -0.4 is 11.1 Å². The van der Waals surface area contributed by atoms with Gasteiger partial charge in [0.25, 0.3) is 0 Å². The molecule has 3 unspecified atom stereocenters. The van der Waals surface area contributed by atoms with Crippen LogP contribution in [0.25, 0.3) is 10.6 Å². The number of hydrogen-bond acceptors (Lipinski definition) is 23. The van der Waals surface area contributed by atoms with E-state index < -0.39 is 63.0 Å². The van der Waals surface area contributed by atoms with Gasteiger partial charge in [-0.2, -0.15) is 21.5 Å². The number of fused-ring (bicyclic) bond motifs is 2. The molecule has 9 aromatic rings. The van der Waals surface area contributed by atoms with Crippen LogP contribution in [0.1, 0.15) is 71.7 Å². The van der Waals surface area contributed by atoms with E-state index in [-0.39, 0.29) is 111 Å². The number of thiol groups is 1. The van der Waals surface area contributed by atoms with Gasteiger partial charge in [-0.3, -0.25) is 9.18 Å². The summed E-state index contributed by atoms with van der Waals surface area (Å²) in [6.45, 7) is 20.6. The van der Waals surface area contributed by atoms with Gasteiger partial charge in [-0.05, 0) is 189 Å². The summed E-state index contributed by atoms with van der Waals surface area (Å²) in [5.41, 5.74) is 11.5. The molecule has 8 aliphatic heterocycles. The number of thiocarbonyl (C=S) groups is 1. The fourth-order valence-corrected chi connectivity index (χ4v) is 23.6. The fourth-order valence-electron chi connectivity index (χ4n) is 12.6. The number of aliphatic hydroxyl groups excluding tert-OH is 1. The minimum atomic E-state index is -3.68. The molecule has 0 saturated carbocycles. The Morgan fingerprint density at radius 2 is 0.947 bits per heavy atom. The summed E-state index contributed by atoms with van der Waals surface area (Å²) >= 11 is 16.9. The number of thiazole rings is 1. The number of aliphatic hydroxyl groups is 2. The van der Waals surface area contributed by atoms with Crippen molar-refractivity contribution >= 4 is 160 Å². The first-order valence-corrected chi connectivity index (χ1v) is 51.7. The standard InChI is InChI=1S/C18H17FN2O3S2.C18H15FN2O2S2.2C11H12BrNO3S.C11H13NO2S.C9H15NO2.C7H6FNS.C4H7N.CH3F.BHNS/c1-12-2-8-15(9-3-12)26(23,24)21-10-16-18(22,11-21)20-17(25-16)13-4-6-14(19)7-5-13;1-12-2-8-15(9-3-12)25(22,23)21-10-16-17(11-21)24-18(20-16)13-4-6-14(19)7-5-13;2*1-8-2-4-9(5-3-8)17(15,16)13-6-10(12)11(14)7-13;1-10-4-6-11(7-5-10)15(13,14)12-8-2-3-9-12;1-9(2,3)12-8(11)10-6-4-5-7-10;8-6-3-1-5(2-4-6)7(9)10;1-2-4-5-3-1;1-2;1-2-3/h2-9,16,22H,10-11H2,1H3;2-9H,10-11H2,1H3;2-5,14H,6-7H2,1H3;2-5,10H,6-7H2,1H3;2-7H,8-9H2,1H3;4-5H,6-7H2,1-3H3;1-4H,(H2,9,10);1-2,5H,3-4H2;1H3;3H/i;;;;;;;;1D;. The Balaban J connectivity index is 0.000000191. The van der Waals surface area contributed by atoms with Crippen molar-refractivity contribution < 1.29 is 85.6 Å². The summed E-state index contributed by atoms with van der Waals surface area (Å²) in [5, 5.41) is 24.4. The second-order valence-corrected chi connectivity index (χ2v) is 45.8. The van der Waals surface area contributed by atoms with Gasteiger partial charge in [-0.25, -0.2) is 70.0 Å². The number of sulfonamides is 5. The van der Waals surface area contributed by atoms with Crippen LogP contribution >= 0.6 is 80.0 Å². The van der Waals surface area contributed by atoms with Gasteiger partial charge in [0, 0.05) is 85.0 Å². The molecule has 5 N–H and O–H groups in total. The average molecular weight is 2110 g/mol. The van der Waals surface area contributed by atoms with E-state index in [9.17, 15) is 79.5 Å². The van der Waals surface area contributed by atoms with E-state index in [1.807, 2.05) is 91.8 Å². The van der Waals surface area contributed by atoms with Crippen molar-refractivity contribution in [1.82, 2.24) is 36.7 Å². The predicted molar refractivity (Wildman–Crippen MR) is 525 cm³/mol. The number of Topliss-reactive ketones (excluding diaryl/α,β-unsaturated/α-hetero) is 1. The number of aromatic nitrogens is 1. The zero-order valence-electron chi connectivity index (χ0n) is 74.1. The summed E-state index contributed by atoms with van der Waals surface area (Å²) < 4.78 is 193. The van der Waals surface area contributed by atoms with Crippen LogP contribution in [0.4, 0.5) is 22.4 Å². The minimum absolute atomic E-state index is 0.0246. The number of aryl methyl sites for hydroxylation is 5. The third kappa shape index (κ3) is 30.7. The van der Waals surface area contributed by atoms with Crippen molar-refractivity contribution in [2.24, 2.45) is 15.0 Å². The van der Waals surface area contributed by atoms with Gasteiger partial charge in [-0.15, -0.1) is 11.3 Å². The number of hydrogen-bond donors (Lipinski definition) is 5. The molecule has 9 heterocycles. The van der Waals surface area contributed by atoms with Crippen molar-refractivity contribution in [3.8, 4) is 10.6 Å². The van der Waals surface area contributed by atoms with Gasteiger partial charge >= 0.3 is 30.8 Å². The molecule has 17 rings (SSSR count). The summed E-state index contributed by atoms with van der Waals surface area (Å²) in [6.07, 6.45) is 11.7. The first-order valence-electron chi connectivity index (χ1n) is 41.0. The van der Waals surface area contributed by atoms with E-state index in [1.165, 1.54) is 81.0 Å². The van der Waals surface area contributed by atoms with Crippen LogP contribution in [0.2, 0.25) is 0 Å². The van der Waals surface area contributed by atoms with E-state index in [0.717, 1.165) is 62.0 Å². The number of amides is 1. The topological polar surface area (TPSA) is 350 Å². The Bertz CT molecular complexity index is 6210. The summed E-state index contributed by atoms with van der Waals surface area (Å²) in [6, 6.07) is 51.5. The number of alkyl halides is 2. The van der Waals surface area contributed by atoms with E-state index in [4.69, 9.17) is 11.8 Å². The number of rotatable bonds is 13. The van der Waals surface area contributed by atoms with E-state index in [0.29, 0.717) is 68.2 Å². The number of nitrogens with two attached hydrogens (primary N) is 1. The van der Waals surface area contributed by atoms with Gasteiger partial charge < -0.3 is 30.9 Å². The maximum atomic E-state index is 13.1. The SMILES string of the molecule is C1=CCNC1.CC(C)(C)OC(=O)N1CC=CC1.Cc1ccc(S(=O)(=O)N2CC(=O)C(Br)C2)cc1.Cc1ccc(S(=O)(=O)N2CC(O)=C(Br)C2)cc1.Cc1ccc(S(=O)(=O)N2CC3SC(c4ccc(F)cc4)=NC3(O)C2)cc1.Cc1ccc(S(=O)(=O)N2CC=CC2)cc1.Cc1ccc(S(=O)(=O)N2Cc3nc(-c4ccc(F)cc4)sc3C2)cc1.NC(=S)c1ccc(F)cc1.[2H]CF.[B]=NS. The first-order chi connectivity index (χ1) is 62.6. The molecule has 1 amide bonds. The van der Waals surface area contributed by atoms with Crippen LogP contribution in [0, 0.1) is 52.1 Å². The van der Waals surface area contributed by atoms with Gasteiger partial charge in [-0.1, -0.05) is 181 Å². The second-order valence-electron chi connectivity index (χ2n) is 31.1. The molecule has 0 aliphatic carbocycles. The van der Waals surface area contributed by atoms with Gasteiger partial charge in [0.05, 0.1) is 81.5 Å². The number of thioether (sulfide) groups is 1. The molecule has 2 fully saturated rings. The number of halogens is 6. The van der Waals surface area contributed by atoms with Crippen molar-refractivity contribution in [1.29, 1.82) is 0 Å². The Morgan fingerprint density at radius 3 is 1.30 bits per heavy atom. The predicted octanol–water partition coefficient (Wildman–Crippen LogP) is 15.6. The summed E-state index contributed by atoms with van der Waals surface area (Å²) in [7, 11) is -14.2. The molecule has 1 aromatic heterocycles. The van der Waals surface area contributed by atoms with Crippen LogP contribution in [-0.4, -0.2) is 220 Å². The molecule has 8 aliphatic rings. The molecule has 132 heavy (non-hydrogen) atoms. The molecular weight excluding hydrogens is 2010 g/mol. The number of ether oxygens (including phenoxy) is 1. The van der Waals surface area contributed by atoms with E-state index >= 15 is 0 Å². The monoisotopic (exact) mass is 2110 g/mol. The number of carbonyl (C=O) groups is 2. The Hall–Kier alpha value is -8.64. The molecular formula is C90H101BBr2F4N11O15S9. The molecule has 0 bridgehead atoms. The number of carbonyl (C=O) groups excluding carboxylic acids is 2. The third-order valence-corrected chi connectivity index (χ3v) is 33.2. The molecule has 2 saturated heterocycles. The molecule has 8 aromatic carbocycles. The molecule has 0 spiro atoms. The normalized spacial score (nSPS) is 18.2. The number of ketones is 1. The van der Waals surface area contributed by atoms with E-state index in [1.54, 1.807) is 150 Å². The van der Waals surface area contributed by atoms with Crippen LogP contribution in [0.15, 0.2) is 275 Å². The van der Waals surface area contributed by atoms with Crippen LogP contribution in [0.3, 0.4) is 0 Å². The average Bonchev–Trinajstić information content (AvgIpc) is 1.59. The fraction of sp³-hybridized carbons (Fsp3) is 0.300. The Labute approximate surface area is 808 Å². The van der Waals surface area contributed by atoms with Crippen molar-refractivity contribution in [3.05, 3.63) is 308 Å². The number of β-amino-alcohol motifs (C(OH)–C–C–N with tert-alkyl or cyclic N) is 1. The molecule has 26 nitrogen and oxygen atoms in total. The number of benzene rings is 8. The number of aliphatic imine (C=N–C) groups is 1.